The number of benzene rings is 1. The van der Waals surface area contributed by atoms with E-state index in [1.807, 2.05) is 18.2 Å². The molecule has 1 aliphatic rings. The number of fused-ring (bicyclic) bond motifs is 1. The average Bonchev–Trinajstić information content (AvgIpc) is 3.02. The third kappa shape index (κ3) is 5.26. The molecule has 0 bridgehead atoms. The Hall–Kier alpha value is -1.50. The molecule has 130 valence electrons. The molecule has 0 spiro atoms. The summed E-state index contributed by atoms with van der Waals surface area (Å²) in [5, 5.41) is 7.52. The highest BCUT2D eigenvalue weighted by Crippen LogP contribution is 2.22. The molecule has 0 radical (unpaired) electrons. The van der Waals surface area contributed by atoms with Gasteiger partial charge in [-0.1, -0.05) is 12.1 Å². The number of piperazine rings is 1. The van der Waals surface area contributed by atoms with Crippen molar-refractivity contribution in [2.45, 2.75) is 25.7 Å². The second kappa shape index (κ2) is 9.11. The van der Waals surface area contributed by atoms with Crippen LogP contribution in [0, 0.1) is 0 Å². The zero-order valence-electron chi connectivity index (χ0n) is 14.1. The Kier molecular flexibility index (Phi) is 6.57. The van der Waals surface area contributed by atoms with Gasteiger partial charge in [-0.25, -0.2) is 4.98 Å². The number of nitrogens with zero attached hydrogens (tertiary/aromatic N) is 2. The minimum absolute atomic E-state index is 0.163. The first-order valence-corrected chi connectivity index (χ1v) is 9.67. The van der Waals surface area contributed by atoms with Gasteiger partial charge < -0.3 is 15.5 Å². The molecule has 1 fully saturated rings. The number of rotatable bonds is 8. The number of nitrogens with one attached hydrogen (secondary N) is 2. The minimum Gasteiger partial charge on any atom is -0.356 e. The normalized spacial score (nSPS) is 15.7. The van der Waals surface area contributed by atoms with E-state index in [1.165, 1.54) is 4.70 Å². The lowest BCUT2D eigenvalue weighted by Crippen LogP contribution is -2.44. The van der Waals surface area contributed by atoms with Crippen LogP contribution in [-0.2, 0) is 11.2 Å². The number of para-hydroxylation sites is 1. The Morgan fingerprint density at radius 2 is 2.08 bits per heavy atom. The molecular weight excluding hydrogens is 320 g/mol. The molecule has 1 aliphatic heterocycles. The van der Waals surface area contributed by atoms with E-state index in [4.69, 9.17) is 0 Å². The number of carbonyl (C=O) groups is 1. The van der Waals surface area contributed by atoms with E-state index >= 15 is 0 Å². The third-order valence-corrected chi connectivity index (χ3v) is 5.41. The highest BCUT2D eigenvalue weighted by molar-refractivity contribution is 7.18. The lowest BCUT2D eigenvalue weighted by molar-refractivity contribution is -0.121. The number of thiazole rings is 1. The summed E-state index contributed by atoms with van der Waals surface area (Å²) < 4.78 is 1.23. The van der Waals surface area contributed by atoms with Crippen LogP contribution < -0.4 is 10.6 Å². The van der Waals surface area contributed by atoms with Crippen LogP contribution in [0.2, 0.25) is 0 Å². The predicted molar refractivity (Wildman–Crippen MR) is 99.5 cm³/mol. The molecule has 1 aromatic heterocycles. The van der Waals surface area contributed by atoms with Crippen molar-refractivity contribution in [2.24, 2.45) is 0 Å². The van der Waals surface area contributed by atoms with E-state index in [-0.39, 0.29) is 5.91 Å². The maximum Gasteiger partial charge on any atom is 0.220 e. The Morgan fingerprint density at radius 3 is 2.92 bits per heavy atom. The van der Waals surface area contributed by atoms with Crippen molar-refractivity contribution in [3.05, 3.63) is 29.3 Å². The monoisotopic (exact) mass is 346 g/mol. The molecule has 1 aromatic carbocycles. The highest BCUT2D eigenvalue weighted by atomic mass is 32.1. The van der Waals surface area contributed by atoms with Crippen molar-refractivity contribution in [2.75, 3.05) is 39.3 Å². The van der Waals surface area contributed by atoms with Gasteiger partial charge in [0.25, 0.3) is 0 Å². The molecule has 2 aromatic rings. The summed E-state index contributed by atoms with van der Waals surface area (Å²) in [5.74, 6) is 0.163. The number of hydrogen-bond donors (Lipinski definition) is 2. The summed E-state index contributed by atoms with van der Waals surface area (Å²) in [6.45, 7) is 6.26. The van der Waals surface area contributed by atoms with Crippen LogP contribution in [0.5, 0.6) is 0 Å². The molecule has 1 saturated heterocycles. The largest absolute Gasteiger partial charge is 0.356 e. The van der Waals surface area contributed by atoms with E-state index < -0.39 is 0 Å². The lowest BCUT2D eigenvalue weighted by atomic mass is 10.2. The van der Waals surface area contributed by atoms with E-state index in [9.17, 15) is 4.79 Å². The van der Waals surface area contributed by atoms with Crippen LogP contribution in [0.3, 0.4) is 0 Å². The Bertz CT molecular complexity index is 618. The summed E-state index contributed by atoms with van der Waals surface area (Å²) >= 11 is 1.73. The lowest BCUT2D eigenvalue weighted by Gasteiger charge is -2.27. The zero-order valence-corrected chi connectivity index (χ0v) is 14.9. The van der Waals surface area contributed by atoms with E-state index in [0.717, 1.165) is 69.1 Å². The van der Waals surface area contributed by atoms with Gasteiger partial charge in [-0.15, -0.1) is 11.3 Å². The van der Waals surface area contributed by atoms with Gasteiger partial charge in [-0.2, -0.15) is 0 Å². The van der Waals surface area contributed by atoms with Crippen LogP contribution >= 0.6 is 11.3 Å². The summed E-state index contributed by atoms with van der Waals surface area (Å²) in [4.78, 5) is 19.0. The topological polar surface area (TPSA) is 57.3 Å². The van der Waals surface area contributed by atoms with Crippen LogP contribution in [0.1, 0.15) is 24.3 Å². The second-order valence-electron chi connectivity index (χ2n) is 6.22. The van der Waals surface area contributed by atoms with Crippen LogP contribution in [0.25, 0.3) is 10.2 Å². The van der Waals surface area contributed by atoms with Crippen LogP contribution in [0.4, 0.5) is 0 Å². The third-order valence-electron chi connectivity index (χ3n) is 4.32. The first kappa shape index (κ1) is 17.3. The fourth-order valence-electron chi connectivity index (χ4n) is 2.98. The number of hydrogen-bond acceptors (Lipinski definition) is 5. The number of carbonyl (C=O) groups excluding carboxylic acids is 1. The zero-order chi connectivity index (χ0) is 16.6. The smallest absolute Gasteiger partial charge is 0.220 e. The Morgan fingerprint density at radius 1 is 1.25 bits per heavy atom. The first-order valence-electron chi connectivity index (χ1n) is 8.85. The quantitative estimate of drug-likeness (QED) is 0.718. The van der Waals surface area contributed by atoms with Crippen molar-refractivity contribution in [3.8, 4) is 0 Å². The van der Waals surface area contributed by atoms with Crippen molar-refractivity contribution in [3.63, 3.8) is 0 Å². The first-order chi connectivity index (χ1) is 11.8. The van der Waals surface area contributed by atoms with E-state index in [0.29, 0.717) is 6.42 Å². The summed E-state index contributed by atoms with van der Waals surface area (Å²) in [5.41, 5.74) is 1.06. The number of amides is 1. The van der Waals surface area contributed by atoms with Crippen molar-refractivity contribution in [1.29, 1.82) is 0 Å². The molecule has 0 atom stereocenters. The molecule has 3 rings (SSSR count). The van der Waals surface area contributed by atoms with Gasteiger partial charge in [0.2, 0.25) is 5.91 Å². The molecule has 2 N–H and O–H groups in total. The van der Waals surface area contributed by atoms with Gasteiger partial charge in [0.1, 0.15) is 0 Å². The fraction of sp³-hybridized carbons (Fsp3) is 0.556. The van der Waals surface area contributed by atoms with Gasteiger partial charge in [-0.05, 0) is 37.9 Å². The highest BCUT2D eigenvalue weighted by Gasteiger charge is 2.09. The minimum atomic E-state index is 0.163. The molecule has 0 unspecified atom stereocenters. The maximum atomic E-state index is 11.9. The van der Waals surface area contributed by atoms with Crippen LogP contribution in [-0.4, -0.2) is 55.1 Å². The van der Waals surface area contributed by atoms with Gasteiger partial charge in [0.15, 0.2) is 0 Å². The van der Waals surface area contributed by atoms with Gasteiger partial charge in [0, 0.05) is 39.1 Å². The van der Waals surface area contributed by atoms with Gasteiger partial charge in [0.05, 0.1) is 15.2 Å². The van der Waals surface area contributed by atoms with Crippen molar-refractivity contribution in [1.82, 2.24) is 20.5 Å². The predicted octanol–water partition coefficient (Wildman–Crippen LogP) is 2.03. The Balaban J connectivity index is 1.28. The molecule has 1 amide bonds. The van der Waals surface area contributed by atoms with Gasteiger partial charge >= 0.3 is 0 Å². The molecule has 24 heavy (non-hydrogen) atoms. The number of aryl methyl sites for hydroxylation is 1. The Labute approximate surface area is 147 Å². The maximum absolute atomic E-state index is 11.9. The van der Waals surface area contributed by atoms with Gasteiger partial charge in [-0.3, -0.25) is 4.79 Å². The summed E-state index contributed by atoms with van der Waals surface area (Å²) in [6.07, 6.45) is 3.37. The molecular formula is C18H26N4OS. The molecule has 0 saturated carbocycles. The van der Waals surface area contributed by atoms with Crippen LogP contribution in [0.15, 0.2) is 24.3 Å². The summed E-state index contributed by atoms with van der Waals surface area (Å²) in [7, 11) is 0. The summed E-state index contributed by atoms with van der Waals surface area (Å²) in [6, 6.07) is 8.19. The molecule has 5 nitrogen and oxygen atoms in total. The molecule has 6 heteroatoms. The average molecular weight is 347 g/mol. The molecule has 0 aliphatic carbocycles. The standard InChI is InChI=1S/C18H26N4OS/c23-17(20-9-4-12-22-13-10-19-11-14-22)7-3-8-18-21-15-5-1-2-6-16(15)24-18/h1-2,5-6,19H,3-4,7-14H2,(H,20,23). The van der Waals surface area contributed by atoms with E-state index in [1.54, 1.807) is 11.3 Å². The number of aromatic nitrogens is 1. The van der Waals surface area contributed by atoms with E-state index in [2.05, 4.69) is 26.6 Å². The van der Waals surface area contributed by atoms with Crippen molar-refractivity contribution < 1.29 is 4.79 Å². The fourth-order valence-corrected chi connectivity index (χ4v) is 3.99. The second-order valence-corrected chi connectivity index (χ2v) is 7.34. The SMILES string of the molecule is O=C(CCCc1nc2ccccc2s1)NCCCN1CCNCC1. The molecule has 2 heterocycles. The van der Waals surface area contributed by atoms with Crippen molar-refractivity contribution >= 4 is 27.5 Å².